The van der Waals surface area contributed by atoms with Gasteiger partial charge in [0.25, 0.3) is 0 Å². The van der Waals surface area contributed by atoms with E-state index in [1.807, 2.05) is 6.92 Å². The van der Waals surface area contributed by atoms with Gasteiger partial charge in [-0.1, -0.05) is 0 Å². The van der Waals surface area contributed by atoms with Crippen LogP contribution < -0.4 is 0 Å². The Hall–Kier alpha value is 0.0600. The predicted octanol–water partition coefficient (Wildman–Crippen LogP) is 5.23. The van der Waals surface area contributed by atoms with E-state index in [1.165, 1.54) is 27.7 Å². The first-order valence-corrected chi connectivity index (χ1v) is 9.42. The number of fused-ring (bicyclic) bond motifs is 1. The Morgan fingerprint density at radius 3 is 3.00 bits per heavy atom. The molecule has 1 aliphatic heterocycles. The minimum Gasteiger partial charge on any atom is -0.325 e. The topological polar surface area (TPSA) is 17.8 Å². The molecule has 0 N–H and O–H groups in total. The third-order valence-corrected chi connectivity index (χ3v) is 6.28. The van der Waals surface area contributed by atoms with Crippen molar-refractivity contribution >= 4 is 57.0 Å². The molecule has 5 heteroatoms. The second kappa shape index (κ2) is 5.69. The number of benzene rings is 1. The lowest BCUT2D eigenvalue weighted by Crippen LogP contribution is -2.25. The molecule has 1 aliphatic rings. The van der Waals surface area contributed by atoms with Crippen molar-refractivity contribution < 1.29 is 0 Å². The van der Waals surface area contributed by atoms with Gasteiger partial charge in [0.05, 0.1) is 16.4 Å². The van der Waals surface area contributed by atoms with E-state index in [0.717, 1.165) is 17.9 Å². The zero-order valence-electron chi connectivity index (χ0n) is 11.7. The van der Waals surface area contributed by atoms with Crippen LogP contribution in [0.5, 0.6) is 0 Å². The summed E-state index contributed by atoms with van der Waals surface area (Å²) in [6.07, 6.45) is 2.59. The summed E-state index contributed by atoms with van der Waals surface area (Å²) in [6, 6.07) is 6.46. The number of alkyl halides is 1. The average Bonchev–Trinajstić information content (AvgIpc) is 2.94. The third kappa shape index (κ3) is 2.83. The van der Waals surface area contributed by atoms with Crippen molar-refractivity contribution in [2.75, 3.05) is 5.75 Å². The summed E-state index contributed by atoms with van der Waals surface area (Å²) in [7, 11) is 0. The first kappa shape index (κ1) is 15.0. The highest BCUT2D eigenvalue weighted by molar-refractivity contribution is 14.1. The van der Waals surface area contributed by atoms with Gasteiger partial charge in [-0.3, -0.25) is 0 Å². The molecule has 20 heavy (non-hydrogen) atoms. The molecule has 3 rings (SSSR count). The largest absolute Gasteiger partial charge is 0.325 e. The summed E-state index contributed by atoms with van der Waals surface area (Å²) >= 11 is 10.8. The highest BCUT2D eigenvalue weighted by Gasteiger charge is 2.31. The van der Waals surface area contributed by atoms with Gasteiger partial charge in [-0.2, -0.15) is 11.8 Å². The molecule has 0 radical (unpaired) electrons. The smallest absolute Gasteiger partial charge is 0.127 e. The molecule has 1 aromatic heterocycles. The molecule has 0 saturated carbocycles. The molecule has 1 fully saturated rings. The lowest BCUT2D eigenvalue weighted by atomic mass is 10.1. The molecule has 0 spiro atoms. The fourth-order valence-electron chi connectivity index (χ4n) is 2.89. The van der Waals surface area contributed by atoms with Gasteiger partial charge in [-0.25, -0.2) is 4.98 Å². The van der Waals surface area contributed by atoms with Crippen LogP contribution in [0, 0.1) is 3.57 Å². The van der Waals surface area contributed by atoms with Crippen LogP contribution in [0.1, 0.15) is 37.9 Å². The zero-order chi connectivity index (χ0) is 14.3. The normalized spacial score (nSPS) is 24.4. The van der Waals surface area contributed by atoms with Crippen LogP contribution in [0.3, 0.4) is 0 Å². The predicted molar refractivity (Wildman–Crippen MR) is 96.8 cm³/mol. The lowest BCUT2D eigenvalue weighted by Gasteiger charge is -2.25. The van der Waals surface area contributed by atoms with Gasteiger partial charge in [0.1, 0.15) is 5.82 Å². The van der Waals surface area contributed by atoms with Crippen LogP contribution in [-0.2, 0) is 6.54 Å². The Bertz CT molecular complexity index is 632. The summed E-state index contributed by atoms with van der Waals surface area (Å²) in [5, 5.41) is -0.0601. The number of imidazole rings is 1. The first-order chi connectivity index (χ1) is 9.48. The van der Waals surface area contributed by atoms with Gasteiger partial charge in [-0.05, 0) is 73.2 Å². The molecule has 2 unspecified atom stereocenters. The van der Waals surface area contributed by atoms with Crippen LogP contribution in [0.25, 0.3) is 11.0 Å². The van der Waals surface area contributed by atoms with Gasteiger partial charge in [0, 0.05) is 14.9 Å². The number of hydrogen-bond donors (Lipinski definition) is 0. The van der Waals surface area contributed by atoms with Gasteiger partial charge in [0.15, 0.2) is 0 Å². The summed E-state index contributed by atoms with van der Waals surface area (Å²) in [6.45, 7) is 5.38. The number of halogens is 2. The van der Waals surface area contributed by atoms with Crippen molar-refractivity contribution in [1.29, 1.82) is 0 Å². The van der Waals surface area contributed by atoms with Crippen molar-refractivity contribution in [2.24, 2.45) is 0 Å². The number of rotatable bonds is 3. The van der Waals surface area contributed by atoms with Gasteiger partial charge < -0.3 is 4.57 Å². The van der Waals surface area contributed by atoms with Gasteiger partial charge >= 0.3 is 0 Å². The third-order valence-electron chi connectivity index (χ3n) is 3.89. The minimum absolute atomic E-state index is 0.0601. The van der Waals surface area contributed by atoms with E-state index in [1.54, 1.807) is 0 Å². The fourth-order valence-corrected chi connectivity index (χ4v) is 4.82. The van der Waals surface area contributed by atoms with Crippen molar-refractivity contribution in [3.05, 3.63) is 27.6 Å². The summed E-state index contributed by atoms with van der Waals surface area (Å²) in [4.78, 5) is 4.76. The zero-order valence-corrected chi connectivity index (χ0v) is 15.4. The van der Waals surface area contributed by atoms with Gasteiger partial charge in [-0.15, -0.1) is 11.6 Å². The maximum atomic E-state index is 6.36. The van der Waals surface area contributed by atoms with Crippen LogP contribution in [0.4, 0.5) is 0 Å². The summed E-state index contributed by atoms with van der Waals surface area (Å²) in [5.41, 5.74) is 2.27. The van der Waals surface area contributed by atoms with Crippen LogP contribution in [-0.4, -0.2) is 20.1 Å². The van der Waals surface area contributed by atoms with Crippen LogP contribution in [0.2, 0.25) is 0 Å². The highest BCUT2D eigenvalue weighted by atomic mass is 127. The maximum Gasteiger partial charge on any atom is 0.127 e. The summed E-state index contributed by atoms with van der Waals surface area (Å²) < 4.78 is 3.87. The van der Waals surface area contributed by atoms with E-state index >= 15 is 0 Å². The molecule has 1 saturated heterocycles. The molecule has 108 valence electrons. The molecule has 2 nitrogen and oxygen atoms in total. The Kier molecular flexibility index (Phi) is 4.26. The van der Waals surface area contributed by atoms with E-state index in [9.17, 15) is 0 Å². The first-order valence-electron chi connectivity index (χ1n) is 6.92. The van der Waals surface area contributed by atoms with Crippen LogP contribution >= 0.6 is 46.0 Å². The van der Waals surface area contributed by atoms with E-state index < -0.39 is 0 Å². The molecule has 1 aromatic carbocycles. The Labute approximate surface area is 142 Å². The van der Waals surface area contributed by atoms with E-state index in [4.69, 9.17) is 16.6 Å². The number of thioether (sulfide) groups is 1. The van der Waals surface area contributed by atoms with Crippen molar-refractivity contribution in [1.82, 2.24) is 9.55 Å². The molecule has 0 aliphatic carbocycles. The van der Waals surface area contributed by atoms with E-state index in [-0.39, 0.29) is 5.38 Å². The number of aromatic nitrogens is 2. The number of nitrogens with zero attached hydrogens (tertiary/aromatic N) is 2. The Morgan fingerprint density at radius 1 is 1.55 bits per heavy atom. The number of hydrogen-bond acceptors (Lipinski definition) is 2. The van der Waals surface area contributed by atoms with Crippen molar-refractivity contribution in [3.63, 3.8) is 0 Å². The minimum atomic E-state index is -0.0601. The molecule has 2 atom stereocenters. The van der Waals surface area contributed by atoms with E-state index in [0.29, 0.717) is 4.75 Å². The standard InChI is InChI=1S/C15H18ClIN2S/c1-10(16)14-18-12-8-11(17)4-5-13(12)19(14)9-15(2)6-3-7-20-15/h4-5,8,10H,3,6-7,9H2,1-2H3. The Balaban J connectivity index is 2.09. The SMILES string of the molecule is CC(Cl)c1nc2cc(I)ccc2n1CC1(C)CCCS1. The molecule has 2 aromatic rings. The molecular formula is C15H18ClIN2S. The molecule has 0 amide bonds. The average molecular weight is 421 g/mol. The van der Waals surface area contributed by atoms with E-state index in [2.05, 4.69) is 64.0 Å². The monoisotopic (exact) mass is 420 g/mol. The fraction of sp³-hybridized carbons (Fsp3) is 0.533. The second-order valence-corrected chi connectivity index (χ2v) is 9.29. The summed E-state index contributed by atoms with van der Waals surface area (Å²) in [5.74, 6) is 2.27. The molecule has 2 heterocycles. The molecule has 0 bridgehead atoms. The highest BCUT2D eigenvalue weighted by Crippen LogP contribution is 2.40. The van der Waals surface area contributed by atoms with Crippen LogP contribution in [0.15, 0.2) is 18.2 Å². The lowest BCUT2D eigenvalue weighted by molar-refractivity contribution is 0.506. The van der Waals surface area contributed by atoms with Crippen molar-refractivity contribution in [3.8, 4) is 0 Å². The van der Waals surface area contributed by atoms with Gasteiger partial charge in [0.2, 0.25) is 0 Å². The Morgan fingerprint density at radius 2 is 2.35 bits per heavy atom. The molecular weight excluding hydrogens is 403 g/mol. The maximum absolute atomic E-state index is 6.36. The quantitative estimate of drug-likeness (QED) is 0.500. The second-order valence-electron chi connectivity index (χ2n) is 5.71. The van der Waals surface area contributed by atoms with Crippen molar-refractivity contribution in [2.45, 2.75) is 43.4 Å².